The maximum atomic E-state index is 12.7. The first-order valence-electron chi connectivity index (χ1n) is 9.21. The smallest absolute Gasteiger partial charge is 0.276 e. The highest BCUT2D eigenvalue weighted by Crippen LogP contribution is 2.39. The number of amides is 2. The van der Waals surface area contributed by atoms with Crippen molar-refractivity contribution in [2.24, 2.45) is 5.73 Å². The number of nitrogens with zero attached hydrogens (tertiary/aromatic N) is 2. The van der Waals surface area contributed by atoms with E-state index in [0.29, 0.717) is 21.9 Å². The number of aromatic amines is 1. The Morgan fingerprint density at radius 1 is 1.20 bits per heavy atom. The van der Waals surface area contributed by atoms with Gasteiger partial charge in [0, 0.05) is 34.0 Å². The van der Waals surface area contributed by atoms with E-state index in [0.717, 1.165) is 10.4 Å². The number of benzene rings is 1. The molecule has 3 heterocycles. The number of aryl methyl sites for hydroxylation is 2. The number of carbonyl (C=O) groups excluding carboxylic acids is 2. The molecule has 0 saturated heterocycles. The Morgan fingerprint density at radius 3 is 2.63 bits per heavy atom. The maximum absolute atomic E-state index is 12.7. The number of aromatic nitrogens is 3. The van der Waals surface area contributed by atoms with E-state index in [1.165, 1.54) is 15.9 Å². The number of primary amides is 1. The normalized spacial score (nSPS) is 11.0. The lowest BCUT2D eigenvalue weighted by Crippen LogP contribution is -2.26. The van der Waals surface area contributed by atoms with Crippen LogP contribution in [0.25, 0.3) is 16.8 Å². The number of nitrogens with two attached hydrogens (primary N) is 1. The summed E-state index contributed by atoms with van der Waals surface area (Å²) < 4.78 is 1.28. The number of hydrogen-bond donors (Lipinski definition) is 3. The fourth-order valence-corrected chi connectivity index (χ4v) is 4.56. The highest BCUT2D eigenvalue weighted by molar-refractivity contribution is 7.17. The molecular formula is C21H19N5O3S. The molecule has 0 bridgehead atoms. The van der Waals surface area contributed by atoms with Crippen molar-refractivity contribution in [3.8, 4) is 11.1 Å². The van der Waals surface area contributed by atoms with Crippen LogP contribution < -0.4 is 16.6 Å². The third-order valence-electron chi connectivity index (χ3n) is 4.83. The SMILES string of the molecule is Cc1nc2cc[nH]n2c(=O)c1CC(=O)Nc1sc(C)c(-c2ccccc2)c1C(N)=O. The van der Waals surface area contributed by atoms with Gasteiger partial charge >= 0.3 is 0 Å². The fourth-order valence-electron chi connectivity index (χ4n) is 3.46. The Bertz CT molecular complexity index is 1330. The molecule has 30 heavy (non-hydrogen) atoms. The molecule has 0 spiro atoms. The van der Waals surface area contributed by atoms with Crippen molar-refractivity contribution in [3.63, 3.8) is 0 Å². The van der Waals surface area contributed by atoms with Gasteiger partial charge in [0.2, 0.25) is 5.91 Å². The van der Waals surface area contributed by atoms with Crippen LogP contribution in [0.3, 0.4) is 0 Å². The van der Waals surface area contributed by atoms with Gasteiger partial charge in [0.1, 0.15) is 5.00 Å². The molecule has 152 valence electrons. The molecule has 4 rings (SSSR count). The Labute approximate surface area is 175 Å². The van der Waals surface area contributed by atoms with Crippen LogP contribution in [0.15, 0.2) is 47.4 Å². The van der Waals surface area contributed by atoms with Gasteiger partial charge in [-0.3, -0.25) is 19.5 Å². The minimum Gasteiger partial charge on any atom is -0.365 e. The third kappa shape index (κ3) is 3.39. The average Bonchev–Trinajstić information content (AvgIpc) is 3.29. The van der Waals surface area contributed by atoms with E-state index in [4.69, 9.17) is 5.73 Å². The highest BCUT2D eigenvalue weighted by Gasteiger charge is 2.23. The van der Waals surface area contributed by atoms with E-state index < -0.39 is 11.8 Å². The molecule has 4 aromatic rings. The summed E-state index contributed by atoms with van der Waals surface area (Å²) in [6, 6.07) is 11.1. The van der Waals surface area contributed by atoms with E-state index in [9.17, 15) is 14.4 Å². The van der Waals surface area contributed by atoms with Gasteiger partial charge in [-0.2, -0.15) is 0 Å². The van der Waals surface area contributed by atoms with Crippen molar-refractivity contribution in [1.29, 1.82) is 0 Å². The van der Waals surface area contributed by atoms with Crippen LogP contribution in [-0.2, 0) is 11.2 Å². The standard InChI is InChI=1S/C21H19N5O3S/c1-11-14(21(29)26-15(24-11)8-9-23-26)10-16(27)25-20-18(19(22)28)17(12(2)30-20)13-6-4-3-5-7-13/h3-9,23H,10H2,1-2H3,(H2,22,28)(H,25,27). The molecule has 0 unspecified atom stereocenters. The van der Waals surface area contributed by atoms with E-state index in [1.54, 1.807) is 19.2 Å². The quantitative estimate of drug-likeness (QED) is 0.458. The lowest BCUT2D eigenvalue weighted by Gasteiger charge is -2.08. The van der Waals surface area contributed by atoms with E-state index in [2.05, 4.69) is 15.4 Å². The number of carbonyl (C=O) groups is 2. The lowest BCUT2D eigenvalue weighted by molar-refractivity contribution is -0.115. The van der Waals surface area contributed by atoms with Crippen molar-refractivity contribution in [2.45, 2.75) is 20.3 Å². The van der Waals surface area contributed by atoms with Gasteiger partial charge in [0.25, 0.3) is 11.5 Å². The minimum absolute atomic E-state index is 0.171. The Morgan fingerprint density at radius 2 is 1.93 bits per heavy atom. The summed E-state index contributed by atoms with van der Waals surface area (Å²) in [5, 5.41) is 5.91. The summed E-state index contributed by atoms with van der Waals surface area (Å²) in [6.07, 6.45) is 1.43. The van der Waals surface area contributed by atoms with E-state index in [-0.39, 0.29) is 23.1 Å². The first kappa shape index (κ1) is 19.6. The number of fused-ring (bicyclic) bond motifs is 1. The van der Waals surface area contributed by atoms with Gasteiger partial charge in [0.05, 0.1) is 12.0 Å². The van der Waals surface area contributed by atoms with Crippen molar-refractivity contribution in [3.05, 3.63) is 74.6 Å². The summed E-state index contributed by atoms with van der Waals surface area (Å²) >= 11 is 1.28. The largest absolute Gasteiger partial charge is 0.365 e. The van der Waals surface area contributed by atoms with Crippen LogP contribution in [0.4, 0.5) is 5.00 Å². The number of nitrogens with one attached hydrogen (secondary N) is 2. The zero-order chi connectivity index (χ0) is 21.4. The molecule has 9 heteroatoms. The molecule has 3 aromatic heterocycles. The second-order valence-electron chi connectivity index (χ2n) is 6.83. The van der Waals surface area contributed by atoms with Crippen LogP contribution in [0.5, 0.6) is 0 Å². The van der Waals surface area contributed by atoms with Gasteiger partial charge in [-0.05, 0) is 19.4 Å². The Hall–Kier alpha value is -3.72. The summed E-state index contributed by atoms with van der Waals surface area (Å²) in [6.45, 7) is 3.56. The summed E-state index contributed by atoms with van der Waals surface area (Å²) in [4.78, 5) is 42.8. The summed E-state index contributed by atoms with van der Waals surface area (Å²) in [7, 11) is 0. The molecule has 0 atom stereocenters. The van der Waals surface area contributed by atoms with E-state index in [1.807, 2.05) is 37.3 Å². The minimum atomic E-state index is -0.626. The first-order valence-corrected chi connectivity index (χ1v) is 10.0. The predicted octanol–water partition coefficient (Wildman–Crippen LogP) is 2.65. The average molecular weight is 421 g/mol. The third-order valence-corrected chi connectivity index (χ3v) is 5.85. The van der Waals surface area contributed by atoms with Gasteiger partial charge < -0.3 is 11.1 Å². The maximum Gasteiger partial charge on any atom is 0.276 e. The monoisotopic (exact) mass is 421 g/mol. The molecule has 2 amide bonds. The van der Waals surface area contributed by atoms with Crippen molar-refractivity contribution < 1.29 is 9.59 Å². The second-order valence-corrected chi connectivity index (χ2v) is 8.05. The topological polar surface area (TPSA) is 122 Å². The van der Waals surface area contributed by atoms with Crippen molar-refractivity contribution in [1.82, 2.24) is 14.6 Å². The lowest BCUT2D eigenvalue weighted by atomic mass is 10.0. The molecule has 0 saturated carbocycles. The van der Waals surface area contributed by atoms with E-state index >= 15 is 0 Å². The van der Waals surface area contributed by atoms with Gasteiger partial charge in [-0.1, -0.05) is 30.3 Å². The zero-order valence-electron chi connectivity index (χ0n) is 16.4. The van der Waals surface area contributed by atoms with Gasteiger partial charge in [0.15, 0.2) is 5.65 Å². The molecular weight excluding hydrogens is 402 g/mol. The number of hydrogen-bond acceptors (Lipinski definition) is 5. The molecule has 1 aromatic carbocycles. The van der Waals surface area contributed by atoms with Crippen LogP contribution in [0.1, 0.15) is 26.5 Å². The van der Waals surface area contributed by atoms with Crippen molar-refractivity contribution in [2.75, 3.05) is 5.32 Å². The summed E-state index contributed by atoms with van der Waals surface area (Å²) in [5.74, 6) is -1.05. The van der Waals surface area contributed by atoms with Crippen LogP contribution in [-0.4, -0.2) is 26.4 Å². The predicted molar refractivity (Wildman–Crippen MR) is 116 cm³/mol. The van der Waals surface area contributed by atoms with Gasteiger partial charge in [-0.15, -0.1) is 11.3 Å². The molecule has 0 aliphatic rings. The van der Waals surface area contributed by atoms with Gasteiger partial charge in [-0.25, -0.2) is 9.50 Å². The molecule has 4 N–H and O–H groups in total. The second kappa shape index (κ2) is 7.60. The Kier molecular flexibility index (Phi) is 4.96. The summed E-state index contributed by atoms with van der Waals surface area (Å²) in [5.41, 5.74) is 8.37. The molecule has 0 aliphatic heterocycles. The number of rotatable bonds is 5. The van der Waals surface area contributed by atoms with Crippen molar-refractivity contribution >= 4 is 33.8 Å². The first-order chi connectivity index (χ1) is 14.4. The van der Waals surface area contributed by atoms with Crippen LogP contribution >= 0.6 is 11.3 Å². The highest BCUT2D eigenvalue weighted by atomic mass is 32.1. The molecule has 0 fully saturated rings. The number of anilines is 1. The molecule has 0 aliphatic carbocycles. The Balaban J connectivity index is 1.68. The molecule has 0 radical (unpaired) electrons. The number of thiophene rings is 1. The van der Waals surface area contributed by atoms with Crippen LogP contribution in [0, 0.1) is 13.8 Å². The molecule has 8 nitrogen and oxygen atoms in total. The fraction of sp³-hybridized carbons (Fsp3) is 0.143. The zero-order valence-corrected chi connectivity index (χ0v) is 17.2. The van der Waals surface area contributed by atoms with Crippen LogP contribution in [0.2, 0.25) is 0 Å². The number of H-pyrrole nitrogens is 1.